The molecule has 0 spiro atoms. The van der Waals surface area contributed by atoms with Gasteiger partial charge in [-0.05, 0) is 44.9 Å². The van der Waals surface area contributed by atoms with E-state index in [9.17, 15) is 0 Å². The number of ether oxygens (including phenoxy) is 1. The highest BCUT2D eigenvalue weighted by Gasteiger charge is 2.40. The number of hydrogen-bond acceptors (Lipinski definition) is 1. The highest BCUT2D eigenvalue weighted by atomic mass is 35.5. The minimum absolute atomic E-state index is 0.371. The third-order valence-electron chi connectivity index (χ3n) is 2.54. The first kappa shape index (κ1) is 10.3. The van der Waals surface area contributed by atoms with Crippen LogP contribution in [0.15, 0.2) is 0 Å². The summed E-state index contributed by atoms with van der Waals surface area (Å²) in [6, 6.07) is 0. The zero-order chi connectivity index (χ0) is 9.03. The fourth-order valence-corrected chi connectivity index (χ4v) is 1.79. The molecule has 1 fully saturated rings. The van der Waals surface area contributed by atoms with Crippen LogP contribution >= 0.6 is 11.6 Å². The molecule has 0 saturated heterocycles. The quantitative estimate of drug-likeness (QED) is 0.462. The predicted molar refractivity (Wildman–Crippen MR) is 52.7 cm³/mol. The molecular formula is C10H19ClO. The van der Waals surface area contributed by atoms with Crippen molar-refractivity contribution >= 4 is 11.6 Å². The van der Waals surface area contributed by atoms with Crippen LogP contribution in [-0.2, 0) is 4.74 Å². The van der Waals surface area contributed by atoms with Crippen molar-refractivity contribution in [2.45, 2.75) is 45.6 Å². The van der Waals surface area contributed by atoms with E-state index in [1.807, 2.05) is 0 Å². The van der Waals surface area contributed by atoms with E-state index in [1.54, 1.807) is 0 Å². The number of halogens is 1. The molecule has 0 aliphatic heterocycles. The topological polar surface area (TPSA) is 9.23 Å². The molecule has 0 aromatic heterocycles. The average molecular weight is 191 g/mol. The molecule has 0 atom stereocenters. The highest BCUT2D eigenvalue weighted by molar-refractivity contribution is 6.18. The Hall–Kier alpha value is 0.250. The van der Waals surface area contributed by atoms with Gasteiger partial charge in [0.1, 0.15) is 0 Å². The van der Waals surface area contributed by atoms with E-state index >= 15 is 0 Å². The van der Waals surface area contributed by atoms with Crippen LogP contribution in [0, 0.1) is 5.41 Å². The molecular weight excluding hydrogens is 172 g/mol. The molecule has 0 unspecified atom stereocenters. The number of hydrogen-bond donors (Lipinski definition) is 0. The van der Waals surface area contributed by atoms with Gasteiger partial charge in [0.05, 0.1) is 6.10 Å². The van der Waals surface area contributed by atoms with Crippen molar-refractivity contribution in [1.29, 1.82) is 0 Å². The van der Waals surface area contributed by atoms with Crippen molar-refractivity contribution in [3.8, 4) is 0 Å². The zero-order valence-electron chi connectivity index (χ0n) is 8.11. The van der Waals surface area contributed by atoms with Crippen LogP contribution in [0.4, 0.5) is 0 Å². The Morgan fingerprint density at radius 3 is 2.50 bits per heavy atom. The maximum absolute atomic E-state index is 5.86. The summed E-state index contributed by atoms with van der Waals surface area (Å²) < 4.78 is 5.47. The summed E-state index contributed by atoms with van der Waals surface area (Å²) in [7, 11) is 0. The second-order valence-corrected chi connectivity index (χ2v) is 4.42. The summed E-state index contributed by atoms with van der Waals surface area (Å²) in [4.78, 5) is 0. The van der Waals surface area contributed by atoms with Gasteiger partial charge in [0.25, 0.3) is 0 Å². The van der Waals surface area contributed by atoms with Gasteiger partial charge in [0.15, 0.2) is 0 Å². The Balaban J connectivity index is 1.95. The molecule has 1 rings (SSSR count). The lowest BCUT2D eigenvalue weighted by Crippen LogP contribution is -2.08. The lowest BCUT2D eigenvalue weighted by atomic mass is 10.0. The van der Waals surface area contributed by atoms with E-state index < -0.39 is 0 Å². The van der Waals surface area contributed by atoms with E-state index in [-0.39, 0.29) is 0 Å². The van der Waals surface area contributed by atoms with Crippen molar-refractivity contribution < 1.29 is 4.74 Å². The summed E-state index contributed by atoms with van der Waals surface area (Å²) >= 11 is 5.86. The molecule has 1 nitrogen and oxygen atoms in total. The van der Waals surface area contributed by atoms with Gasteiger partial charge in [-0.3, -0.25) is 0 Å². The average Bonchev–Trinajstić information content (AvgIpc) is 2.79. The molecule has 0 aromatic carbocycles. The molecule has 1 aliphatic rings. The van der Waals surface area contributed by atoms with Crippen LogP contribution in [0.5, 0.6) is 0 Å². The third-order valence-corrected chi connectivity index (χ3v) is 3.11. The normalized spacial score (nSPS) is 20.0. The van der Waals surface area contributed by atoms with E-state index in [0.29, 0.717) is 11.5 Å². The fraction of sp³-hybridized carbons (Fsp3) is 1.00. The summed E-state index contributed by atoms with van der Waals surface area (Å²) in [5.41, 5.74) is 0.516. The van der Waals surface area contributed by atoms with Gasteiger partial charge in [-0.2, -0.15) is 0 Å². The van der Waals surface area contributed by atoms with Crippen molar-refractivity contribution in [3.63, 3.8) is 0 Å². The Morgan fingerprint density at radius 2 is 2.08 bits per heavy atom. The summed E-state index contributed by atoms with van der Waals surface area (Å²) in [6.45, 7) is 5.05. The lowest BCUT2D eigenvalue weighted by Gasteiger charge is -2.11. The molecule has 0 N–H and O–H groups in total. The van der Waals surface area contributed by atoms with Crippen molar-refractivity contribution in [1.82, 2.24) is 0 Å². The van der Waals surface area contributed by atoms with Crippen LogP contribution in [0.3, 0.4) is 0 Å². The Kier molecular flexibility index (Phi) is 3.85. The summed E-state index contributed by atoms with van der Waals surface area (Å²) in [6.07, 6.45) is 5.46. The molecule has 0 aromatic rings. The van der Waals surface area contributed by atoms with E-state index in [2.05, 4.69) is 13.8 Å². The van der Waals surface area contributed by atoms with Crippen LogP contribution < -0.4 is 0 Å². The van der Waals surface area contributed by atoms with Gasteiger partial charge in [-0.25, -0.2) is 0 Å². The van der Waals surface area contributed by atoms with Crippen molar-refractivity contribution in [2.75, 3.05) is 12.5 Å². The van der Waals surface area contributed by atoms with Gasteiger partial charge in [0.2, 0.25) is 0 Å². The molecule has 0 bridgehead atoms. The lowest BCUT2D eigenvalue weighted by molar-refractivity contribution is 0.0734. The van der Waals surface area contributed by atoms with Crippen LogP contribution in [0.1, 0.15) is 39.5 Å². The Labute approximate surface area is 80.4 Å². The minimum atomic E-state index is 0.371. The summed E-state index contributed by atoms with van der Waals surface area (Å²) in [5, 5.41) is 0. The van der Waals surface area contributed by atoms with Gasteiger partial charge >= 0.3 is 0 Å². The van der Waals surface area contributed by atoms with Crippen molar-refractivity contribution in [2.24, 2.45) is 5.41 Å². The van der Waals surface area contributed by atoms with Gasteiger partial charge in [0, 0.05) is 12.5 Å². The Morgan fingerprint density at radius 1 is 1.42 bits per heavy atom. The van der Waals surface area contributed by atoms with Gasteiger partial charge < -0.3 is 4.74 Å². The van der Waals surface area contributed by atoms with Crippen LogP contribution in [-0.4, -0.2) is 18.6 Å². The fourth-order valence-electron chi connectivity index (χ4n) is 1.39. The monoisotopic (exact) mass is 190 g/mol. The second-order valence-electron chi connectivity index (χ2n) is 4.16. The largest absolute Gasteiger partial charge is 0.379 e. The maximum atomic E-state index is 5.86. The minimum Gasteiger partial charge on any atom is -0.379 e. The first-order valence-corrected chi connectivity index (χ1v) is 5.40. The first-order chi connectivity index (χ1) is 5.68. The number of rotatable bonds is 6. The van der Waals surface area contributed by atoms with Crippen molar-refractivity contribution in [3.05, 3.63) is 0 Å². The SMILES string of the molecule is CC(C)OCCCC1(CCl)CC1. The second kappa shape index (κ2) is 4.48. The highest BCUT2D eigenvalue weighted by Crippen LogP contribution is 2.50. The standard InChI is InChI=1S/C10H19ClO/c1-9(2)12-7-3-4-10(8-11)5-6-10/h9H,3-8H2,1-2H3. The molecule has 0 amide bonds. The molecule has 2 heteroatoms. The molecule has 72 valence electrons. The molecule has 0 heterocycles. The first-order valence-electron chi connectivity index (χ1n) is 4.86. The molecule has 0 radical (unpaired) electrons. The smallest absolute Gasteiger partial charge is 0.0518 e. The van der Waals surface area contributed by atoms with Crippen LogP contribution in [0.25, 0.3) is 0 Å². The summed E-state index contributed by atoms with van der Waals surface area (Å²) in [5.74, 6) is 0.842. The van der Waals surface area contributed by atoms with E-state index in [1.165, 1.54) is 25.7 Å². The van der Waals surface area contributed by atoms with Gasteiger partial charge in [-0.1, -0.05) is 0 Å². The zero-order valence-corrected chi connectivity index (χ0v) is 8.86. The molecule has 1 saturated carbocycles. The van der Waals surface area contributed by atoms with Gasteiger partial charge in [-0.15, -0.1) is 11.6 Å². The third kappa shape index (κ3) is 3.32. The molecule has 1 aliphatic carbocycles. The molecule has 12 heavy (non-hydrogen) atoms. The number of alkyl halides is 1. The predicted octanol–water partition coefficient (Wildman–Crippen LogP) is 3.21. The Bertz CT molecular complexity index is 130. The maximum Gasteiger partial charge on any atom is 0.0518 e. The van der Waals surface area contributed by atoms with E-state index in [0.717, 1.165) is 12.5 Å². The van der Waals surface area contributed by atoms with E-state index in [4.69, 9.17) is 16.3 Å². The van der Waals surface area contributed by atoms with Crippen LogP contribution in [0.2, 0.25) is 0 Å².